The van der Waals surface area contributed by atoms with Gasteiger partial charge in [-0.05, 0) is 52.9 Å². The van der Waals surface area contributed by atoms with E-state index in [1.54, 1.807) is 24.3 Å². The van der Waals surface area contributed by atoms with Crippen molar-refractivity contribution >= 4 is 11.6 Å². The van der Waals surface area contributed by atoms with E-state index in [2.05, 4.69) is 25.6 Å². The van der Waals surface area contributed by atoms with Gasteiger partial charge in [0.2, 0.25) is 0 Å². The van der Waals surface area contributed by atoms with Crippen molar-refractivity contribution in [3.05, 3.63) is 60.4 Å². The van der Waals surface area contributed by atoms with Crippen molar-refractivity contribution in [3.8, 4) is 11.4 Å². The van der Waals surface area contributed by atoms with E-state index in [9.17, 15) is 18.0 Å². The Hall–Kier alpha value is -3.43. The second-order valence-electron chi connectivity index (χ2n) is 5.19. The van der Waals surface area contributed by atoms with Crippen LogP contribution in [0, 0.1) is 0 Å². The molecule has 0 radical (unpaired) electrons. The third-order valence-corrected chi connectivity index (χ3v) is 3.24. The van der Waals surface area contributed by atoms with Crippen LogP contribution in [0.4, 0.5) is 18.9 Å². The number of carbonyl (C=O) groups is 1. The predicted molar refractivity (Wildman–Crippen MR) is 85.1 cm³/mol. The van der Waals surface area contributed by atoms with Gasteiger partial charge >= 0.3 is 6.18 Å². The van der Waals surface area contributed by atoms with Crippen molar-refractivity contribution in [2.45, 2.75) is 6.18 Å². The van der Waals surface area contributed by atoms with Crippen LogP contribution in [0.1, 0.15) is 10.4 Å². The van der Waals surface area contributed by atoms with E-state index in [0.29, 0.717) is 16.9 Å². The number of carbonyl (C=O) groups excluding carboxylic acids is 1. The Kier molecular flexibility index (Phi) is 4.83. The molecule has 0 atom stereocenters. The summed E-state index contributed by atoms with van der Waals surface area (Å²) in [6.45, 7) is -1.37. The lowest BCUT2D eigenvalue weighted by atomic mass is 10.2. The van der Waals surface area contributed by atoms with Gasteiger partial charge in [0.05, 0.1) is 5.69 Å². The van der Waals surface area contributed by atoms with Crippen LogP contribution in [0.25, 0.3) is 5.69 Å². The number of ether oxygens (including phenoxy) is 1. The number of benzene rings is 2. The zero-order valence-corrected chi connectivity index (χ0v) is 13.1. The van der Waals surface area contributed by atoms with Crippen LogP contribution in [-0.4, -0.2) is 38.9 Å². The summed E-state index contributed by atoms with van der Waals surface area (Å²) >= 11 is 0. The first-order valence-corrected chi connectivity index (χ1v) is 7.35. The monoisotopic (exact) mass is 363 g/mol. The van der Waals surface area contributed by atoms with Crippen LogP contribution in [0.15, 0.2) is 54.9 Å². The van der Waals surface area contributed by atoms with Crippen molar-refractivity contribution in [1.29, 1.82) is 0 Å². The molecule has 0 aliphatic carbocycles. The molecular weight excluding hydrogens is 351 g/mol. The minimum Gasteiger partial charge on any atom is -0.484 e. The van der Waals surface area contributed by atoms with Crippen molar-refractivity contribution in [1.82, 2.24) is 20.2 Å². The van der Waals surface area contributed by atoms with Gasteiger partial charge in [0.1, 0.15) is 12.1 Å². The minimum absolute atomic E-state index is 0.0565. The highest BCUT2D eigenvalue weighted by Gasteiger charge is 2.28. The Labute approximate surface area is 145 Å². The number of hydrogen-bond donors (Lipinski definition) is 1. The fourth-order valence-electron chi connectivity index (χ4n) is 2.07. The molecule has 1 amide bonds. The lowest BCUT2D eigenvalue weighted by Gasteiger charge is -2.10. The molecule has 134 valence electrons. The number of alkyl halides is 3. The van der Waals surface area contributed by atoms with Gasteiger partial charge in [-0.25, -0.2) is 4.68 Å². The summed E-state index contributed by atoms with van der Waals surface area (Å²) in [5.74, 6) is -0.329. The normalized spacial score (nSPS) is 11.2. The molecule has 0 aliphatic heterocycles. The van der Waals surface area contributed by atoms with Gasteiger partial charge < -0.3 is 10.1 Å². The number of anilines is 1. The van der Waals surface area contributed by atoms with Gasteiger partial charge in [-0.3, -0.25) is 4.79 Å². The van der Waals surface area contributed by atoms with Crippen LogP contribution < -0.4 is 10.1 Å². The van der Waals surface area contributed by atoms with Crippen LogP contribution in [-0.2, 0) is 0 Å². The molecule has 7 nitrogen and oxygen atoms in total. The number of tetrazole rings is 1. The molecule has 0 fully saturated rings. The van der Waals surface area contributed by atoms with Crippen molar-refractivity contribution < 1.29 is 22.7 Å². The second-order valence-corrected chi connectivity index (χ2v) is 5.19. The Morgan fingerprint density at radius 3 is 2.58 bits per heavy atom. The predicted octanol–water partition coefficient (Wildman–Crippen LogP) is 2.86. The summed E-state index contributed by atoms with van der Waals surface area (Å²) < 4.78 is 42.4. The quantitative estimate of drug-likeness (QED) is 0.754. The molecule has 1 N–H and O–H groups in total. The maximum Gasteiger partial charge on any atom is 0.422 e. The Balaban J connectivity index is 1.66. The molecule has 0 bridgehead atoms. The van der Waals surface area contributed by atoms with Gasteiger partial charge in [-0.2, -0.15) is 13.2 Å². The average Bonchev–Trinajstić information content (AvgIpc) is 3.15. The van der Waals surface area contributed by atoms with Crippen LogP contribution in [0.3, 0.4) is 0 Å². The van der Waals surface area contributed by atoms with E-state index < -0.39 is 12.8 Å². The van der Waals surface area contributed by atoms with Gasteiger partial charge in [0, 0.05) is 11.3 Å². The Bertz CT molecular complexity index is 880. The third kappa shape index (κ3) is 4.56. The molecule has 2 aromatic carbocycles. The van der Waals surface area contributed by atoms with Crippen LogP contribution in [0.2, 0.25) is 0 Å². The molecule has 1 aromatic heterocycles. The summed E-state index contributed by atoms with van der Waals surface area (Å²) in [7, 11) is 0. The molecule has 1 heterocycles. The first kappa shape index (κ1) is 17.4. The highest BCUT2D eigenvalue weighted by atomic mass is 19.4. The zero-order chi connectivity index (χ0) is 18.6. The first-order chi connectivity index (χ1) is 12.4. The van der Waals surface area contributed by atoms with E-state index in [-0.39, 0.29) is 11.7 Å². The summed E-state index contributed by atoms with van der Waals surface area (Å²) in [6.07, 6.45) is -3.01. The fraction of sp³-hybridized carbons (Fsp3) is 0.125. The molecular formula is C16H12F3N5O2. The van der Waals surface area contributed by atoms with Crippen LogP contribution >= 0.6 is 0 Å². The Morgan fingerprint density at radius 1 is 1.15 bits per heavy atom. The van der Waals surface area contributed by atoms with Crippen LogP contribution in [0.5, 0.6) is 5.75 Å². The summed E-state index contributed by atoms with van der Waals surface area (Å²) in [4.78, 5) is 12.3. The van der Waals surface area contributed by atoms with Gasteiger partial charge in [0.15, 0.2) is 6.61 Å². The highest BCUT2D eigenvalue weighted by Crippen LogP contribution is 2.20. The molecule has 3 rings (SSSR count). The molecule has 0 saturated carbocycles. The number of aromatic nitrogens is 4. The zero-order valence-electron chi connectivity index (χ0n) is 13.1. The van der Waals surface area contributed by atoms with Crippen molar-refractivity contribution in [3.63, 3.8) is 0 Å². The van der Waals surface area contributed by atoms with Crippen molar-refractivity contribution in [2.75, 3.05) is 11.9 Å². The highest BCUT2D eigenvalue weighted by molar-refractivity contribution is 6.04. The molecule has 0 spiro atoms. The van der Waals surface area contributed by atoms with Crippen molar-refractivity contribution in [2.24, 2.45) is 0 Å². The lowest BCUT2D eigenvalue weighted by molar-refractivity contribution is -0.153. The Morgan fingerprint density at radius 2 is 1.92 bits per heavy atom. The molecule has 0 unspecified atom stereocenters. The van der Waals surface area contributed by atoms with E-state index in [4.69, 9.17) is 0 Å². The minimum atomic E-state index is -4.41. The number of halogens is 3. The SMILES string of the molecule is O=C(Nc1ccc(OCC(F)(F)F)cc1)c1cccc(-n2cnnn2)c1. The fourth-order valence-corrected chi connectivity index (χ4v) is 2.07. The van der Waals surface area contributed by atoms with E-state index in [1.165, 1.54) is 35.3 Å². The maximum atomic E-state index is 12.3. The van der Waals surface area contributed by atoms with Gasteiger partial charge in [0.25, 0.3) is 5.91 Å². The summed E-state index contributed by atoms with van der Waals surface area (Å²) in [5, 5.41) is 13.5. The number of rotatable bonds is 5. The van der Waals surface area contributed by atoms with E-state index in [1.807, 2.05) is 0 Å². The molecule has 0 saturated heterocycles. The summed E-state index contributed by atoms with van der Waals surface area (Å²) in [6, 6.07) is 12.2. The molecule has 3 aromatic rings. The number of hydrogen-bond acceptors (Lipinski definition) is 5. The van der Waals surface area contributed by atoms with Gasteiger partial charge in [-0.15, -0.1) is 5.10 Å². The topological polar surface area (TPSA) is 81.9 Å². The number of nitrogens with zero attached hydrogens (tertiary/aromatic N) is 4. The average molecular weight is 363 g/mol. The van der Waals surface area contributed by atoms with E-state index in [0.717, 1.165) is 0 Å². The third-order valence-electron chi connectivity index (χ3n) is 3.24. The standard InChI is InChI=1S/C16H12F3N5O2/c17-16(18,19)9-26-14-6-4-12(5-7-14)21-15(25)11-2-1-3-13(8-11)24-10-20-22-23-24/h1-8,10H,9H2,(H,21,25). The maximum absolute atomic E-state index is 12.3. The molecule has 10 heteroatoms. The first-order valence-electron chi connectivity index (χ1n) is 7.35. The number of amides is 1. The largest absolute Gasteiger partial charge is 0.484 e. The lowest BCUT2D eigenvalue weighted by Crippen LogP contribution is -2.19. The second kappa shape index (κ2) is 7.21. The van der Waals surface area contributed by atoms with Gasteiger partial charge in [-0.1, -0.05) is 6.07 Å². The molecule has 0 aliphatic rings. The number of nitrogens with one attached hydrogen (secondary N) is 1. The summed E-state index contributed by atoms with van der Waals surface area (Å²) in [5.41, 5.74) is 1.40. The van der Waals surface area contributed by atoms with E-state index >= 15 is 0 Å². The smallest absolute Gasteiger partial charge is 0.422 e. The molecule has 26 heavy (non-hydrogen) atoms.